The maximum atomic E-state index is 9.54. The van der Waals surface area contributed by atoms with E-state index in [0.29, 0.717) is 23.3 Å². The molecule has 0 aliphatic heterocycles. The van der Waals surface area contributed by atoms with Crippen molar-refractivity contribution in [3.63, 3.8) is 0 Å². The Balaban J connectivity index is 1.72. The van der Waals surface area contributed by atoms with Crippen molar-refractivity contribution in [1.82, 2.24) is 9.97 Å². The molecule has 0 radical (unpaired) electrons. The van der Waals surface area contributed by atoms with Crippen molar-refractivity contribution < 1.29 is 5.11 Å². The summed E-state index contributed by atoms with van der Waals surface area (Å²) in [5.74, 6) is 1.22. The van der Waals surface area contributed by atoms with Crippen molar-refractivity contribution in [1.29, 1.82) is 0 Å². The van der Waals surface area contributed by atoms with E-state index >= 15 is 0 Å². The van der Waals surface area contributed by atoms with Gasteiger partial charge in [0.15, 0.2) is 5.82 Å². The van der Waals surface area contributed by atoms with Gasteiger partial charge < -0.3 is 15.7 Å². The minimum absolute atomic E-state index is 0.226. The lowest BCUT2D eigenvalue weighted by molar-refractivity contribution is 0.474. The molecule has 0 fully saturated rings. The Morgan fingerprint density at radius 2 is 1.88 bits per heavy atom. The van der Waals surface area contributed by atoms with Gasteiger partial charge in [-0.25, -0.2) is 4.98 Å². The van der Waals surface area contributed by atoms with Crippen molar-refractivity contribution in [2.45, 2.75) is 13.0 Å². The molecule has 0 spiro atoms. The summed E-state index contributed by atoms with van der Waals surface area (Å²) in [6, 6.07) is 15.1. The van der Waals surface area contributed by atoms with Crippen molar-refractivity contribution in [3.05, 3.63) is 70.9 Å². The van der Waals surface area contributed by atoms with Crippen LogP contribution in [0.5, 0.6) is 5.75 Å². The number of hydrogen-bond donors (Lipinski definition) is 3. The van der Waals surface area contributed by atoms with Gasteiger partial charge in [-0.2, -0.15) is 4.98 Å². The molecule has 0 amide bonds. The molecule has 0 aliphatic rings. The number of nitrogens with zero attached hydrogens (tertiary/aromatic N) is 2. The molecule has 7 heteroatoms. The van der Waals surface area contributed by atoms with Gasteiger partial charge in [0.25, 0.3) is 0 Å². The van der Waals surface area contributed by atoms with E-state index in [-0.39, 0.29) is 5.75 Å². The van der Waals surface area contributed by atoms with Gasteiger partial charge in [0.2, 0.25) is 5.95 Å². The number of phenols is 1. The first-order chi connectivity index (χ1) is 12.6. The highest BCUT2D eigenvalue weighted by Gasteiger charge is 2.07. The van der Waals surface area contributed by atoms with E-state index in [4.69, 9.17) is 11.6 Å². The highest BCUT2D eigenvalue weighted by molar-refractivity contribution is 9.09. The van der Waals surface area contributed by atoms with Crippen LogP contribution in [0.1, 0.15) is 11.1 Å². The third kappa shape index (κ3) is 5.09. The predicted molar refractivity (Wildman–Crippen MR) is 110 cm³/mol. The summed E-state index contributed by atoms with van der Waals surface area (Å²) in [6.45, 7) is 0.491. The number of anilines is 3. The summed E-state index contributed by atoms with van der Waals surface area (Å²) >= 11 is 9.65. The SMILES string of the molecule is Oc1cccc(CNc2nc(Nc3cccc(CCBr)c3)ncc2Cl)c1. The van der Waals surface area contributed by atoms with E-state index in [2.05, 4.69) is 48.7 Å². The van der Waals surface area contributed by atoms with E-state index in [9.17, 15) is 5.11 Å². The topological polar surface area (TPSA) is 70.1 Å². The minimum atomic E-state index is 0.226. The number of rotatable bonds is 7. The van der Waals surface area contributed by atoms with Crippen LogP contribution in [-0.4, -0.2) is 20.4 Å². The first-order valence-corrected chi connectivity index (χ1v) is 9.60. The van der Waals surface area contributed by atoms with Gasteiger partial charge in [0.1, 0.15) is 10.8 Å². The number of alkyl halides is 1. The molecule has 0 bridgehead atoms. The molecule has 0 saturated carbocycles. The van der Waals surface area contributed by atoms with Crippen LogP contribution in [0.4, 0.5) is 17.5 Å². The molecule has 1 heterocycles. The van der Waals surface area contributed by atoms with Crippen LogP contribution < -0.4 is 10.6 Å². The van der Waals surface area contributed by atoms with Crippen LogP contribution in [0.15, 0.2) is 54.7 Å². The summed E-state index contributed by atoms with van der Waals surface area (Å²) in [4.78, 5) is 8.68. The molecular formula is C19H18BrClN4O. The van der Waals surface area contributed by atoms with E-state index < -0.39 is 0 Å². The number of hydrogen-bond acceptors (Lipinski definition) is 5. The highest BCUT2D eigenvalue weighted by Crippen LogP contribution is 2.23. The Morgan fingerprint density at radius 3 is 2.69 bits per heavy atom. The smallest absolute Gasteiger partial charge is 0.229 e. The maximum Gasteiger partial charge on any atom is 0.229 e. The molecule has 26 heavy (non-hydrogen) atoms. The van der Waals surface area contributed by atoms with Gasteiger partial charge in [-0.3, -0.25) is 0 Å². The van der Waals surface area contributed by atoms with Gasteiger partial charge in [0.05, 0.1) is 6.20 Å². The number of benzene rings is 2. The fraction of sp³-hybridized carbons (Fsp3) is 0.158. The van der Waals surface area contributed by atoms with Gasteiger partial charge in [0, 0.05) is 17.6 Å². The fourth-order valence-electron chi connectivity index (χ4n) is 2.45. The van der Waals surface area contributed by atoms with Crippen LogP contribution in [-0.2, 0) is 13.0 Å². The van der Waals surface area contributed by atoms with Crippen molar-refractivity contribution in [2.75, 3.05) is 16.0 Å². The summed E-state index contributed by atoms with van der Waals surface area (Å²) in [5, 5.41) is 17.3. The number of aryl methyl sites for hydroxylation is 1. The monoisotopic (exact) mass is 432 g/mol. The van der Waals surface area contributed by atoms with Gasteiger partial charge in [-0.05, 0) is 41.8 Å². The Labute approximate surface area is 165 Å². The Kier molecular flexibility index (Phi) is 6.30. The Hall–Kier alpha value is -2.31. The first kappa shape index (κ1) is 18.5. The Morgan fingerprint density at radius 1 is 1.08 bits per heavy atom. The molecule has 0 atom stereocenters. The standard InChI is InChI=1S/C19H18BrClN4O/c20-8-7-13-3-1-5-15(9-13)24-19-23-12-17(21)18(25-19)22-11-14-4-2-6-16(26)10-14/h1-6,9-10,12,26H,7-8,11H2,(H2,22,23,24,25). The first-order valence-electron chi connectivity index (χ1n) is 8.10. The highest BCUT2D eigenvalue weighted by atomic mass is 79.9. The van der Waals surface area contributed by atoms with Crippen LogP contribution in [0.3, 0.4) is 0 Å². The fourth-order valence-corrected chi connectivity index (χ4v) is 3.06. The minimum Gasteiger partial charge on any atom is -0.508 e. The van der Waals surface area contributed by atoms with Crippen LogP contribution in [0.2, 0.25) is 5.02 Å². The largest absolute Gasteiger partial charge is 0.508 e. The summed E-state index contributed by atoms with van der Waals surface area (Å²) in [5.41, 5.74) is 3.07. The molecule has 3 aromatic rings. The van der Waals surface area contributed by atoms with E-state index in [1.54, 1.807) is 24.4 Å². The average molecular weight is 434 g/mol. The van der Waals surface area contributed by atoms with Crippen LogP contribution in [0, 0.1) is 0 Å². The second-order valence-corrected chi connectivity index (χ2v) is 6.88. The zero-order valence-electron chi connectivity index (χ0n) is 13.9. The quantitative estimate of drug-likeness (QED) is 0.451. The average Bonchev–Trinajstić information content (AvgIpc) is 2.63. The lowest BCUT2D eigenvalue weighted by Gasteiger charge is -2.11. The second kappa shape index (κ2) is 8.87. The normalized spacial score (nSPS) is 10.5. The predicted octanol–water partition coefficient (Wildman–Crippen LogP) is 5.13. The summed E-state index contributed by atoms with van der Waals surface area (Å²) in [7, 11) is 0. The molecule has 0 aliphatic carbocycles. The van der Waals surface area contributed by atoms with E-state index in [1.807, 2.05) is 18.2 Å². The van der Waals surface area contributed by atoms with E-state index in [0.717, 1.165) is 23.0 Å². The number of phenolic OH excluding ortho intramolecular Hbond substituents is 1. The summed E-state index contributed by atoms with van der Waals surface area (Å²) < 4.78 is 0. The Bertz CT molecular complexity index is 891. The van der Waals surface area contributed by atoms with Gasteiger partial charge in [-0.1, -0.05) is 51.8 Å². The zero-order chi connectivity index (χ0) is 18.4. The number of halogens is 2. The van der Waals surface area contributed by atoms with Crippen LogP contribution >= 0.6 is 27.5 Å². The maximum absolute atomic E-state index is 9.54. The van der Waals surface area contributed by atoms with Crippen molar-refractivity contribution >= 4 is 45.0 Å². The molecule has 3 rings (SSSR count). The van der Waals surface area contributed by atoms with Gasteiger partial charge in [-0.15, -0.1) is 0 Å². The lowest BCUT2D eigenvalue weighted by atomic mass is 10.1. The molecule has 0 saturated heterocycles. The van der Waals surface area contributed by atoms with Crippen molar-refractivity contribution in [3.8, 4) is 5.75 Å². The second-order valence-electron chi connectivity index (χ2n) is 5.68. The molecule has 1 aromatic heterocycles. The molecule has 2 aromatic carbocycles. The molecule has 5 nitrogen and oxygen atoms in total. The third-order valence-electron chi connectivity index (χ3n) is 3.68. The lowest BCUT2D eigenvalue weighted by Crippen LogP contribution is -2.05. The number of nitrogens with one attached hydrogen (secondary N) is 2. The van der Waals surface area contributed by atoms with Gasteiger partial charge >= 0.3 is 0 Å². The number of aromatic nitrogens is 2. The molecule has 134 valence electrons. The van der Waals surface area contributed by atoms with Crippen LogP contribution in [0.25, 0.3) is 0 Å². The zero-order valence-corrected chi connectivity index (χ0v) is 16.3. The molecule has 0 unspecified atom stereocenters. The third-order valence-corrected chi connectivity index (χ3v) is 4.35. The molecule has 3 N–H and O–H groups in total. The summed E-state index contributed by atoms with van der Waals surface area (Å²) in [6.07, 6.45) is 2.51. The van der Waals surface area contributed by atoms with Crippen molar-refractivity contribution in [2.24, 2.45) is 0 Å². The molecular weight excluding hydrogens is 416 g/mol. The number of aromatic hydroxyl groups is 1. The van der Waals surface area contributed by atoms with E-state index in [1.165, 1.54) is 5.56 Å².